The fourth-order valence-corrected chi connectivity index (χ4v) is 1.47. The Morgan fingerprint density at radius 1 is 1.29 bits per heavy atom. The lowest BCUT2D eigenvalue weighted by molar-refractivity contribution is -0.141. The van der Waals surface area contributed by atoms with E-state index in [9.17, 15) is 9.59 Å². The first kappa shape index (κ1) is 13.2. The highest BCUT2D eigenvalue weighted by atomic mass is 16.4. The van der Waals surface area contributed by atoms with E-state index in [0.717, 1.165) is 12.8 Å². The Morgan fingerprint density at radius 2 is 1.94 bits per heavy atom. The molecule has 2 N–H and O–H groups in total. The van der Waals surface area contributed by atoms with E-state index in [1.807, 2.05) is 30.3 Å². The van der Waals surface area contributed by atoms with Gasteiger partial charge in [-0.05, 0) is 25.3 Å². The fraction of sp³-hybridized carbons (Fsp3) is 0.385. The number of hydrogen-bond acceptors (Lipinski definition) is 2. The Bertz CT molecular complexity index is 376. The molecule has 1 rings (SSSR count). The number of benzene rings is 1. The lowest BCUT2D eigenvalue weighted by atomic mass is 10.1. The minimum absolute atomic E-state index is 0.212. The summed E-state index contributed by atoms with van der Waals surface area (Å²) in [6.45, 7) is 1.46. The van der Waals surface area contributed by atoms with E-state index < -0.39 is 12.0 Å². The number of hydrogen-bond donors (Lipinski definition) is 2. The zero-order valence-electron chi connectivity index (χ0n) is 9.85. The van der Waals surface area contributed by atoms with Crippen LogP contribution in [0.15, 0.2) is 30.3 Å². The number of amides is 1. The highest BCUT2D eigenvalue weighted by molar-refractivity contribution is 5.83. The third-order valence-electron chi connectivity index (χ3n) is 2.46. The molecule has 17 heavy (non-hydrogen) atoms. The molecule has 0 aliphatic rings. The normalized spacial score (nSPS) is 11.8. The third-order valence-corrected chi connectivity index (χ3v) is 2.46. The lowest BCUT2D eigenvalue weighted by Gasteiger charge is -2.08. The van der Waals surface area contributed by atoms with Gasteiger partial charge in [-0.15, -0.1) is 0 Å². The molecule has 4 nitrogen and oxygen atoms in total. The summed E-state index contributed by atoms with van der Waals surface area (Å²) in [6.07, 6.45) is 1.91. The fourth-order valence-electron chi connectivity index (χ4n) is 1.47. The van der Waals surface area contributed by atoms with Crippen LogP contribution in [-0.2, 0) is 16.0 Å². The molecule has 0 saturated carbocycles. The highest BCUT2D eigenvalue weighted by Crippen LogP contribution is 2.04. The number of nitrogens with one attached hydrogen (secondary N) is 1. The first-order valence-electron chi connectivity index (χ1n) is 5.65. The van der Waals surface area contributed by atoms with Gasteiger partial charge in [0.25, 0.3) is 0 Å². The van der Waals surface area contributed by atoms with Gasteiger partial charge in [0, 0.05) is 6.42 Å². The van der Waals surface area contributed by atoms with Gasteiger partial charge in [0.1, 0.15) is 6.04 Å². The molecular weight excluding hydrogens is 218 g/mol. The number of carboxylic acids is 1. The molecule has 4 heteroatoms. The largest absolute Gasteiger partial charge is 0.480 e. The van der Waals surface area contributed by atoms with Crippen LogP contribution in [0.5, 0.6) is 0 Å². The van der Waals surface area contributed by atoms with Gasteiger partial charge in [0.2, 0.25) is 5.91 Å². The summed E-state index contributed by atoms with van der Waals surface area (Å²) in [4.78, 5) is 21.9. The van der Waals surface area contributed by atoms with Gasteiger partial charge in [0.05, 0.1) is 0 Å². The summed E-state index contributed by atoms with van der Waals surface area (Å²) in [5.41, 5.74) is 1.19. The summed E-state index contributed by atoms with van der Waals surface area (Å²) in [5, 5.41) is 11.0. The lowest BCUT2D eigenvalue weighted by Crippen LogP contribution is -2.38. The molecule has 1 aromatic carbocycles. The van der Waals surface area contributed by atoms with Crippen LogP contribution < -0.4 is 5.32 Å². The predicted molar refractivity (Wildman–Crippen MR) is 64.6 cm³/mol. The van der Waals surface area contributed by atoms with Gasteiger partial charge in [-0.1, -0.05) is 30.3 Å². The second-order valence-corrected chi connectivity index (χ2v) is 3.97. The van der Waals surface area contributed by atoms with Crippen LogP contribution in [0.25, 0.3) is 0 Å². The molecule has 1 aromatic rings. The number of carbonyl (C=O) groups is 2. The second-order valence-electron chi connectivity index (χ2n) is 3.97. The summed E-state index contributed by atoms with van der Waals surface area (Å²) >= 11 is 0. The Morgan fingerprint density at radius 3 is 2.53 bits per heavy atom. The van der Waals surface area contributed by atoms with Gasteiger partial charge in [-0.2, -0.15) is 0 Å². The van der Waals surface area contributed by atoms with Gasteiger partial charge < -0.3 is 10.4 Å². The van der Waals surface area contributed by atoms with Crippen molar-refractivity contribution in [3.8, 4) is 0 Å². The molecule has 1 amide bonds. The summed E-state index contributed by atoms with van der Waals surface area (Å²) in [7, 11) is 0. The molecule has 0 heterocycles. The minimum Gasteiger partial charge on any atom is -0.480 e. The summed E-state index contributed by atoms with van der Waals surface area (Å²) in [6, 6.07) is 9.07. The smallest absolute Gasteiger partial charge is 0.325 e. The SMILES string of the molecule is C[C@@H](NC(=O)CCCc1ccccc1)C(=O)O. The van der Waals surface area contributed by atoms with Crippen molar-refractivity contribution in [2.45, 2.75) is 32.2 Å². The molecule has 92 valence electrons. The highest BCUT2D eigenvalue weighted by Gasteiger charge is 2.13. The van der Waals surface area contributed by atoms with Crippen molar-refractivity contribution < 1.29 is 14.7 Å². The zero-order chi connectivity index (χ0) is 12.7. The van der Waals surface area contributed by atoms with E-state index in [0.29, 0.717) is 6.42 Å². The molecule has 1 atom stereocenters. The molecule has 0 fully saturated rings. The number of rotatable bonds is 6. The quantitative estimate of drug-likeness (QED) is 0.787. The van der Waals surface area contributed by atoms with Gasteiger partial charge in [-0.3, -0.25) is 9.59 Å². The first-order chi connectivity index (χ1) is 8.09. The van der Waals surface area contributed by atoms with Crippen molar-refractivity contribution in [1.29, 1.82) is 0 Å². The number of carboxylic acid groups (broad SMARTS) is 1. The van der Waals surface area contributed by atoms with E-state index in [1.54, 1.807) is 0 Å². The van der Waals surface area contributed by atoms with Crippen molar-refractivity contribution in [1.82, 2.24) is 5.32 Å². The molecule has 0 aliphatic carbocycles. The second kappa shape index (κ2) is 6.68. The average molecular weight is 235 g/mol. The maximum Gasteiger partial charge on any atom is 0.325 e. The molecule has 0 bridgehead atoms. The van der Waals surface area contributed by atoms with Crippen LogP contribution in [0.1, 0.15) is 25.3 Å². The van der Waals surface area contributed by atoms with Crippen LogP contribution in [0.2, 0.25) is 0 Å². The maximum absolute atomic E-state index is 11.4. The number of carbonyl (C=O) groups excluding carboxylic acids is 1. The van der Waals surface area contributed by atoms with E-state index in [2.05, 4.69) is 5.32 Å². The Hall–Kier alpha value is -1.84. The zero-order valence-corrected chi connectivity index (χ0v) is 9.85. The van der Waals surface area contributed by atoms with Gasteiger partial charge >= 0.3 is 5.97 Å². The number of aliphatic carboxylic acids is 1. The van der Waals surface area contributed by atoms with E-state index in [4.69, 9.17) is 5.11 Å². The van der Waals surface area contributed by atoms with Crippen LogP contribution in [0.4, 0.5) is 0 Å². The van der Waals surface area contributed by atoms with E-state index in [1.165, 1.54) is 12.5 Å². The average Bonchev–Trinajstić information content (AvgIpc) is 2.30. The van der Waals surface area contributed by atoms with Crippen molar-refractivity contribution >= 4 is 11.9 Å². The van der Waals surface area contributed by atoms with Gasteiger partial charge in [-0.25, -0.2) is 0 Å². The molecule has 0 saturated heterocycles. The van der Waals surface area contributed by atoms with Crippen molar-refractivity contribution in [2.75, 3.05) is 0 Å². The van der Waals surface area contributed by atoms with Crippen molar-refractivity contribution in [2.24, 2.45) is 0 Å². The predicted octanol–water partition coefficient (Wildman–Crippen LogP) is 1.60. The molecule has 0 radical (unpaired) electrons. The van der Waals surface area contributed by atoms with E-state index >= 15 is 0 Å². The monoisotopic (exact) mass is 235 g/mol. The van der Waals surface area contributed by atoms with Crippen LogP contribution in [0.3, 0.4) is 0 Å². The summed E-state index contributed by atoms with van der Waals surface area (Å²) < 4.78 is 0. The topological polar surface area (TPSA) is 66.4 Å². The Kier molecular flexibility index (Phi) is 5.20. The molecule has 0 spiro atoms. The minimum atomic E-state index is -1.01. The van der Waals surface area contributed by atoms with Crippen LogP contribution in [-0.4, -0.2) is 23.0 Å². The standard InChI is InChI=1S/C13H17NO3/c1-10(13(16)17)14-12(15)9-5-8-11-6-3-2-4-7-11/h2-4,6-7,10H,5,8-9H2,1H3,(H,14,15)(H,16,17)/t10-/m1/s1. The Balaban J connectivity index is 2.23. The molecule has 0 unspecified atom stereocenters. The summed E-state index contributed by atoms with van der Waals surface area (Å²) in [5.74, 6) is -1.22. The van der Waals surface area contributed by atoms with E-state index in [-0.39, 0.29) is 5.91 Å². The molecular formula is C13H17NO3. The van der Waals surface area contributed by atoms with Crippen molar-refractivity contribution in [3.05, 3.63) is 35.9 Å². The first-order valence-corrected chi connectivity index (χ1v) is 5.65. The van der Waals surface area contributed by atoms with Crippen LogP contribution in [0, 0.1) is 0 Å². The molecule has 0 aliphatic heterocycles. The van der Waals surface area contributed by atoms with Crippen LogP contribution >= 0.6 is 0 Å². The van der Waals surface area contributed by atoms with Crippen molar-refractivity contribution in [3.63, 3.8) is 0 Å². The Labute approximate surface area is 101 Å². The molecule has 0 aromatic heterocycles. The maximum atomic E-state index is 11.4. The van der Waals surface area contributed by atoms with Gasteiger partial charge in [0.15, 0.2) is 0 Å². The number of aryl methyl sites for hydroxylation is 1. The third kappa shape index (κ3) is 5.15.